The van der Waals surface area contributed by atoms with Gasteiger partial charge in [0.2, 0.25) is 5.88 Å². The average molecular weight is 289 g/mol. The van der Waals surface area contributed by atoms with Gasteiger partial charge in [0.15, 0.2) is 0 Å². The van der Waals surface area contributed by atoms with Crippen LogP contribution in [0.4, 0.5) is 5.82 Å². The van der Waals surface area contributed by atoms with E-state index in [0.29, 0.717) is 29.4 Å². The molecule has 114 valence electrons. The molecule has 3 atom stereocenters. The zero-order valence-electron chi connectivity index (χ0n) is 12.7. The van der Waals surface area contributed by atoms with Crippen molar-refractivity contribution in [3.8, 4) is 5.88 Å². The molecular formula is C16H23N3O2. The molecule has 1 N–H and O–H groups in total. The van der Waals surface area contributed by atoms with Gasteiger partial charge in [-0.25, -0.2) is 0 Å². The van der Waals surface area contributed by atoms with Gasteiger partial charge in [-0.3, -0.25) is 4.98 Å². The molecule has 5 nitrogen and oxygen atoms in total. The first kappa shape index (κ1) is 13.3. The third-order valence-electron chi connectivity index (χ3n) is 5.31. The minimum absolute atomic E-state index is 0.115. The van der Waals surface area contributed by atoms with Crippen molar-refractivity contribution in [1.82, 2.24) is 9.97 Å². The summed E-state index contributed by atoms with van der Waals surface area (Å²) in [6, 6.07) is 0.488. The fourth-order valence-electron chi connectivity index (χ4n) is 4.33. The molecule has 1 aliphatic heterocycles. The summed E-state index contributed by atoms with van der Waals surface area (Å²) in [6.07, 6.45) is 9.11. The third kappa shape index (κ3) is 2.01. The minimum Gasteiger partial charge on any atom is -0.474 e. The first-order valence-corrected chi connectivity index (χ1v) is 8.06. The van der Waals surface area contributed by atoms with Crippen LogP contribution in [0.3, 0.4) is 0 Å². The maximum Gasteiger partial charge on any atom is 0.234 e. The lowest BCUT2D eigenvalue weighted by molar-refractivity contribution is -0.158. The van der Waals surface area contributed by atoms with Crippen LogP contribution < -0.4 is 10.1 Å². The van der Waals surface area contributed by atoms with Gasteiger partial charge >= 0.3 is 0 Å². The Morgan fingerprint density at radius 1 is 1.38 bits per heavy atom. The van der Waals surface area contributed by atoms with Crippen LogP contribution in [0, 0.1) is 11.3 Å². The molecule has 4 rings (SSSR count). The molecule has 1 saturated heterocycles. The largest absolute Gasteiger partial charge is 0.474 e. The number of nitrogens with zero attached hydrogens (tertiary/aromatic N) is 2. The van der Waals surface area contributed by atoms with Crippen LogP contribution in [0.25, 0.3) is 0 Å². The third-order valence-corrected chi connectivity index (χ3v) is 5.31. The zero-order chi connectivity index (χ0) is 14.4. The summed E-state index contributed by atoms with van der Waals surface area (Å²) in [5.41, 5.74) is 0.359. The van der Waals surface area contributed by atoms with E-state index in [4.69, 9.17) is 9.47 Å². The molecule has 0 bridgehead atoms. The fourth-order valence-corrected chi connectivity index (χ4v) is 4.33. The molecule has 21 heavy (non-hydrogen) atoms. The highest BCUT2D eigenvalue weighted by Crippen LogP contribution is 2.63. The van der Waals surface area contributed by atoms with Gasteiger partial charge in [0.1, 0.15) is 5.82 Å². The Bertz CT molecular complexity index is 530. The predicted octanol–water partition coefficient (Wildman–Crippen LogP) is 2.63. The van der Waals surface area contributed by atoms with Gasteiger partial charge in [-0.2, -0.15) is 4.98 Å². The summed E-state index contributed by atoms with van der Waals surface area (Å²) in [7, 11) is 0. The van der Waals surface area contributed by atoms with E-state index >= 15 is 0 Å². The molecule has 3 aliphatic rings. The second-order valence-electron chi connectivity index (χ2n) is 6.86. The van der Waals surface area contributed by atoms with Crippen LogP contribution in [0.2, 0.25) is 0 Å². The van der Waals surface area contributed by atoms with E-state index in [0.717, 1.165) is 12.4 Å². The van der Waals surface area contributed by atoms with Crippen molar-refractivity contribution < 1.29 is 9.47 Å². The van der Waals surface area contributed by atoms with Crippen molar-refractivity contribution in [2.24, 2.45) is 11.3 Å². The highest BCUT2D eigenvalue weighted by atomic mass is 16.5. The molecule has 0 amide bonds. The van der Waals surface area contributed by atoms with Crippen LogP contribution in [-0.4, -0.2) is 34.8 Å². The average Bonchev–Trinajstić information content (AvgIpc) is 2.79. The van der Waals surface area contributed by atoms with Crippen molar-refractivity contribution in [1.29, 1.82) is 0 Å². The van der Waals surface area contributed by atoms with Crippen LogP contribution in [-0.2, 0) is 4.74 Å². The molecule has 5 heteroatoms. The van der Waals surface area contributed by atoms with Crippen molar-refractivity contribution in [2.75, 3.05) is 11.9 Å². The zero-order valence-corrected chi connectivity index (χ0v) is 12.7. The van der Waals surface area contributed by atoms with E-state index in [2.05, 4.69) is 15.3 Å². The second kappa shape index (κ2) is 4.83. The summed E-state index contributed by atoms with van der Waals surface area (Å²) < 4.78 is 11.6. The number of anilines is 1. The van der Waals surface area contributed by atoms with E-state index in [1.165, 1.54) is 25.7 Å². The van der Waals surface area contributed by atoms with Crippen LogP contribution >= 0.6 is 0 Å². The normalized spacial score (nSPS) is 32.4. The lowest BCUT2D eigenvalue weighted by atomic mass is 9.46. The molecule has 2 aliphatic carbocycles. The maximum absolute atomic E-state index is 5.95. The topological polar surface area (TPSA) is 56.3 Å². The molecule has 0 radical (unpaired) electrons. The second-order valence-corrected chi connectivity index (χ2v) is 6.86. The smallest absolute Gasteiger partial charge is 0.234 e. The number of aromatic nitrogens is 2. The molecule has 1 spiro atoms. The Labute approximate surface area is 125 Å². The van der Waals surface area contributed by atoms with Gasteiger partial charge in [0.05, 0.1) is 24.6 Å². The number of rotatable bonds is 4. The summed E-state index contributed by atoms with van der Waals surface area (Å²) in [6.45, 7) is 4.91. The van der Waals surface area contributed by atoms with Crippen molar-refractivity contribution in [3.05, 3.63) is 12.4 Å². The predicted molar refractivity (Wildman–Crippen MR) is 79.3 cm³/mol. The Kier molecular flexibility index (Phi) is 3.06. The molecule has 3 fully saturated rings. The lowest BCUT2D eigenvalue weighted by Gasteiger charge is -2.63. The van der Waals surface area contributed by atoms with Gasteiger partial charge in [0.25, 0.3) is 0 Å². The van der Waals surface area contributed by atoms with E-state index < -0.39 is 0 Å². The van der Waals surface area contributed by atoms with Crippen molar-refractivity contribution in [3.63, 3.8) is 0 Å². The Morgan fingerprint density at radius 3 is 2.95 bits per heavy atom. The number of ether oxygens (including phenoxy) is 2. The molecule has 0 aromatic carbocycles. The fraction of sp³-hybridized carbons (Fsp3) is 0.750. The van der Waals surface area contributed by atoms with Gasteiger partial charge in [-0.15, -0.1) is 0 Å². The Balaban J connectivity index is 1.50. The molecule has 1 aromatic heterocycles. The maximum atomic E-state index is 5.95. The van der Waals surface area contributed by atoms with Crippen LogP contribution in [0.1, 0.15) is 39.5 Å². The van der Waals surface area contributed by atoms with E-state index in [1.807, 2.05) is 13.8 Å². The number of hydrogen-bond donors (Lipinski definition) is 1. The highest BCUT2D eigenvalue weighted by Gasteiger charge is 2.66. The summed E-state index contributed by atoms with van der Waals surface area (Å²) in [5, 5.41) is 3.62. The molecule has 2 heterocycles. The molecule has 1 aromatic rings. The first-order valence-electron chi connectivity index (χ1n) is 8.06. The molecular weight excluding hydrogens is 266 g/mol. The van der Waals surface area contributed by atoms with Gasteiger partial charge in [0, 0.05) is 24.0 Å². The van der Waals surface area contributed by atoms with Gasteiger partial charge in [-0.1, -0.05) is 6.42 Å². The van der Waals surface area contributed by atoms with Gasteiger partial charge < -0.3 is 14.8 Å². The highest BCUT2D eigenvalue weighted by molar-refractivity contribution is 5.39. The van der Waals surface area contributed by atoms with Crippen molar-refractivity contribution in [2.45, 2.75) is 57.8 Å². The molecule has 0 unspecified atom stereocenters. The summed E-state index contributed by atoms with van der Waals surface area (Å²) in [5.74, 6) is 2.06. The monoisotopic (exact) mass is 289 g/mol. The van der Waals surface area contributed by atoms with Crippen molar-refractivity contribution >= 4 is 5.82 Å². The Morgan fingerprint density at radius 2 is 2.24 bits per heavy atom. The SMILES string of the molecule is CC(C)Oc1cncc(N[C@@H]2[C@H]3CCO[C@@H]3C23CCC3)n1. The van der Waals surface area contributed by atoms with Gasteiger partial charge in [-0.05, 0) is 33.1 Å². The first-order chi connectivity index (χ1) is 10.2. The van der Waals surface area contributed by atoms with Crippen LogP contribution in [0.15, 0.2) is 12.4 Å². The number of fused-ring (bicyclic) bond motifs is 2. The standard InChI is InChI=1S/C16H23N3O2/c1-10(2)21-13-9-17-8-12(18-13)19-14-11-4-7-20-15(11)16(14)5-3-6-16/h8-11,14-15H,3-7H2,1-2H3,(H,18,19)/t11-,14-,15+/m1/s1. The van der Waals surface area contributed by atoms with Crippen LogP contribution in [0.5, 0.6) is 5.88 Å². The number of nitrogens with one attached hydrogen (secondary N) is 1. The molecule has 2 saturated carbocycles. The Hall–Kier alpha value is -1.36. The van der Waals surface area contributed by atoms with E-state index in [1.54, 1.807) is 12.4 Å². The number of hydrogen-bond acceptors (Lipinski definition) is 5. The summed E-state index contributed by atoms with van der Waals surface area (Å²) >= 11 is 0. The van der Waals surface area contributed by atoms with E-state index in [-0.39, 0.29) is 6.10 Å². The summed E-state index contributed by atoms with van der Waals surface area (Å²) in [4.78, 5) is 8.78. The lowest BCUT2D eigenvalue weighted by Crippen LogP contribution is -2.68. The quantitative estimate of drug-likeness (QED) is 0.923. The van der Waals surface area contributed by atoms with E-state index in [9.17, 15) is 0 Å². The minimum atomic E-state index is 0.115.